The molecule has 212 valence electrons. The van der Waals surface area contributed by atoms with E-state index >= 15 is 0 Å². The van der Waals surface area contributed by atoms with E-state index in [9.17, 15) is 4.79 Å². The minimum Gasteiger partial charge on any atom is -0.493 e. The van der Waals surface area contributed by atoms with Crippen LogP contribution in [0.4, 0.5) is 11.8 Å². The summed E-state index contributed by atoms with van der Waals surface area (Å²) in [6.07, 6.45) is 7.19. The van der Waals surface area contributed by atoms with Crippen LogP contribution in [0.5, 0.6) is 11.5 Å². The molecular weight excluding hydrogens is 492 g/mol. The first-order chi connectivity index (χ1) is 18.9. The number of ether oxygens (including phenoxy) is 2. The van der Waals surface area contributed by atoms with Crippen molar-refractivity contribution in [3.63, 3.8) is 0 Å². The molecule has 3 aliphatic rings. The summed E-state index contributed by atoms with van der Waals surface area (Å²) >= 11 is 0. The molecule has 9 nitrogen and oxygen atoms in total. The number of anilines is 2. The maximum absolute atomic E-state index is 13.0. The zero-order valence-electron chi connectivity index (χ0n) is 23.9. The first-order valence-corrected chi connectivity index (χ1v) is 14.7. The van der Waals surface area contributed by atoms with Gasteiger partial charge in [0.2, 0.25) is 5.95 Å². The van der Waals surface area contributed by atoms with Gasteiger partial charge in [-0.15, -0.1) is 0 Å². The lowest BCUT2D eigenvalue weighted by molar-refractivity contribution is -0.115. The van der Waals surface area contributed by atoms with Gasteiger partial charge in [-0.2, -0.15) is 4.98 Å². The standard InChI is InChI=1S/C30H44N6O3/c1-21(2)35-16-10-23(11-17-35)31-28-24-19-26(38-4)27(39-18-8-14-34-12-5-6-13-34)20-25(24)32-30(33-28)36-15-7-9-22(3)29(36)37/h19-21,23H,3,5-18H2,1-2,4H3,(H,31,32,33). The predicted molar refractivity (Wildman–Crippen MR) is 156 cm³/mol. The van der Waals surface area contributed by atoms with Crippen molar-refractivity contribution in [2.24, 2.45) is 0 Å². The van der Waals surface area contributed by atoms with Crippen molar-refractivity contribution >= 4 is 28.6 Å². The SMILES string of the molecule is C=C1CCCN(c2nc(NC3CCN(C(C)C)CC3)c3cc(OC)c(OCCCN4CCCC4)cc3n2)C1=O. The number of benzene rings is 1. The van der Waals surface area contributed by atoms with Crippen LogP contribution in [-0.4, -0.2) is 90.7 Å². The Kier molecular flexibility index (Phi) is 8.87. The average Bonchev–Trinajstić information content (AvgIpc) is 3.46. The highest BCUT2D eigenvalue weighted by Crippen LogP contribution is 2.36. The van der Waals surface area contributed by atoms with E-state index in [4.69, 9.17) is 19.4 Å². The van der Waals surface area contributed by atoms with Crippen LogP contribution in [0.3, 0.4) is 0 Å². The number of hydrogen-bond donors (Lipinski definition) is 1. The second-order valence-electron chi connectivity index (χ2n) is 11.4. The highest BCUT2D eigenvalue weighted by molar-refractivity contribution is 6.05. The molecule has 0 radical (unpaired) electrons. The highest BCUT2D eigenvalue weighted by atomic mass is 16.5. The quantitative estimate of drug-likeness (QED) is 0.352. The summed E-state index contributed by atoms with van der Waals surface area (Å²) in [5, 5.41) is 4.57. The number of nitrogens with one attached hydrogen (secondary N) is 1. The number of hydrogen-bond acceptors (Lipinski definition) is 8. The minimum absolute atomic E-state index is 0.0938. The van der Waals surface area contributed by atoms with Crippen LogP contribution in [0.2, 0.25) is 0 Å². The van der Waals surface area contributed by atoms with Gasteiger partial charge in [-0.05, 0) is 77.9 Å². The Morgan fingerprint density at radius 1 is 1.05 bits per heavy atom. The third-order valence-corrected chi connectivity index (χ3v) is 8.29. The second kappa shape index (κ2) is 12.5. The lowest BCUT2D eigenvalue weighted by atomic mass is 10.0. The minimum atomic E-state index is -0.0938. The van der Waals surface area contributed by atoms with Gasteiger partial charge < -0.3 is 24.6 Å². The van der Waals surface area contributed by atoms with E-state index in [2.05, 4.69) is 35.5 Å². The molecule has 1 N–H and O–H groups in total. The van der Waals surface area contributed by atoms with Gasteiger partial charge in [0.15, 0.2) is 11.5 Å². The number of rotatable bonds is 10. The summed E-state index contributed by atoms with van der Waals surface area (Å²) in [4.78, 5) is 29.4. The van der Waals surface area contributed by atoms with Crippen molar-refractivity contribution in [1.29, 1.82) is 0 Å². The third-order valence-electron chi connectivity index (χ3n) is 8.29. The van der Waals surface area contributed by atoms with Gasteiger partial charge >= 0.3 is 0 Å². The van der Waals surface area contributed by atoms with Crippen molar-refractivity contribution in [2.75, 3.05) is 63.2 Å². The summed E-state index contributed by atoms with van der Waals surface area (Å²) in [6, 6.07) is 4.75. The Morgan fingerprint density at radius 2 is 1.82 bits per heavy atom. The van der Waals surface area contributed by atoms with Crippen LogP contribution in [0.1, 0.15) is 58.8 Å². The molecular formula is C30H44N6O3. The Balaban J connectivity index is 1.42. The number of aromatic nitrogens is 2. The summed E-state index contributed by atoms with van der Waals surface area (Å²) in [5.41, 5.74) is 1.35. The van der Waals surface area contributed by atoms with Crippen LogP contribution < -0.4 is 19.7 Å². The van der Waals surface area contributed by atoms with Gasteiger partial charge in [-0.1, -0.05) is 6.58 Å². The van der Waals surface area contributed by atoms with Crippen molar-refractivity contribution < 1.29 is 14.3 Å². The van der Waals surface area contributed by atoms with E-state index in [0.717, 1.165) is 68.5 Å². The first kappa shape index (κ1) is 27.6. The molecule has 0 bridgehead atoms. The molecule has 4 heterocycles. The number of likely N-dealkylation sites (tertiary alicyclic amines) is 2. The zero-order valence-corrected chi connectivity index (χ0v) is 23.9. The van der Waals surface area contributed by atoms with Crippen molar-refractivity contribution in [1.82, 2.24) is 19.8 Å². The summed E-state index contributed by atoms with van der Waals surface area (Å²) in [6.45, 7) is 15.2. The highest BCUT2D eigenvalue weighted by Gasteiger charge is 2.28. The van der Waals surface area contributed by atoms with Gasteiger partial charge in [-0.3, -0.25) is 9.69 Å². The molecule has 9 heteroatoms. The van der Waals surface area contributed by atoms with Gasteiger partial charge in [0.1, 0.15) is 5.82 Å². The molecule has 0 atom stereocenters. The lowest BCUT2D eigenvalue weighted by Gasteiger charge is -2.35. The molecule has 39 heavy (non-hydrogen) atoms. The van der Waals surface area contributed by atoms with E-state index in [0.29, 0.717) is 48.3 Å². The molecule has 5 rings (SSSR count). The number of carbonyl (C=O) groups is 1. The normalized spacial score (nSPS) is 19.8. The van der Waals surface area contributed by atoms with E-state index in [1.165, 1.54) is 25.9 Å². The van der Waals surface area contributed by atoms with Crippen LogP contribution in [0, 0.1) is 0 Å². The molecule has 1 amide bonds. The lowest BCUT2D eigenvalue weighted by Crippen LogP contribution is -2.42. The summed E-state index contributed by atoms with van der Waals surface area (Å²) < 4.78 is 12.0. The Bertz CT molecular complexity index is 1170. The fourth-order valence-corrected chi connectivity index (χ4v) is 5.90. The number of nitrogens with zero attached hydrogens (tertiary/aromatic N) is 5. The summed E-state index contributed by atoms with van der Waals surface area (Å²) in [7, 11) is 1.67. The fraction of sp³-hybridized carbons (Fsp3) is 0.633. The van der Waals surface area contributed by atoms with E-state index < -0.39 is 0 Å². The molecule has 2 aromatic rings. The molecule has 0 spiro atoms. The average molecular weight is 537 g/mol. The Hall–Kier alpha value is -2.91. The van der Waals surface area contributed by atoms with Crippen molar-refractivity contribution in [3.8, 4) is 11.5 Å². The van der Waals surface area contributed by atoms with E-state index in [1.807, 2.05) is 12.1 Å². The van der Waals surface area contributed by atoms with Gasteiger partial charge in [0, 0.05) is 55.3 Å². The number of carbonyl (C=O) groups excluding carboxylic acids is 1. The Labute approximate surface area is 232 Å². The van der Waals surface area contributed by atoms with Crippen LogP contribution in [0.15, 0.2) is 24.3 Å². The van der Waals surface area contributed by atoms with Crippen molar-refractivity contribution in [3.05, 3.63) is 24.3 Å². The maximum Gasteiger partial charge on any atom is 0.255 e. The van der Waals surface area contributed by atoms with Crippen LogP contribution in [0.25, 0.3) is 10.9 Å². The molecule has 3 fully saturated rings. The fourth-order valence-electron chi connectivity index (χ4n) is 5.90. The largest absolute Gasteiger partial charge is 0.493 e. The van der Waals surface area contributed by atoms with Gasteiger partial charge in [-0.25, -0.2) is 4.98 Å². The van der Waals surface area contributed by atoms with E-state index in [-0.39, 0.29) is 5.91 Å². The third kappa shape index (κ3) is 6.47. The molecule has 3 saturated heterocycles. The zero-order chi connectivity index (χ0) is 27.4. The molecule has 1 aromatic carbocycles. The monoisotopic (exact) mass is 536 g/mol. The van der Waals surface area contributed by atoms with Gasteiger partial charge in [0.05, 0.1) is 19.2 Å². The van der Waals surface area contributed by atoms with E-state index in [1.54, 1.807) is 12.0 Å². The smallest absolute Gasteiger partial charge is 0.255 e. The molecule has 0 unspecified atom stereocenters. The van der Waals surface area contributed by atoms with Gasteiger partial charge in [0.25, 0.3) is 5.91 Å². The van der Waals surface area contributed by atoms with Crippen LogP contribution >= 0.6 is 0 Å². The maximum atomic E-state index is 13.0. The first-order valence-electron chi connectivity index (χ1n) is 14.7. The van der Waals surface area contributed by atoms with Crippen molar-refractivity contribution in [2.45, 2.75) is 70.9 Å². The number of amides is 1. The summed E-state index contributed by atoms with van der Waals surface area (Å²) in [5.74, 6) is 2.40. The number of methoxy groups -OCH3 is 1. The molecule has 0 aliphatic carbocycles. The topological polar surface area (TPSA) is 83.1 Å². The number of fused-ring (bicyclic) bond motifs is 1. The van der Waals surface area contributed by atoms with Crippen LogP contribution in [-0.2, 0) is 4.79 Å². The predicted octanol–water partition coefficient (Wildman–Crippen LogP) is 4.47. The molecule has 3 aliphatic heterocycles. The molecule has 0 saturated carbocycles. The molecule has 1 aromatic heterocycles. The number of piperidine rings is 2. The Morgan fingerprint density at radius 3 is 2.54 bits per heavy atom. The second-order valence-corrected chi connectivity index (χ2v) is 11.4.